The number of hydrogen-bond acceptors (Lipinski definition) is 2. The van der Waals surface area contributed by atoms with Gasteiger partial charge in [-0.1, -0.05) is 41.5 Å². The van der Waals surface area contributed by atoms with Gasteiger partial charge in [0, 0.05) is 18.3 Å². The third-order valence-electron chi connectivity index (χ3n) is 3.10. The fourth-order valence-electron chi connectivity index (χ4n) is 2.00. The van der Waals surface area contributed by atoms with Gasteiger partial charge in [-0.05, 0) is 31.7 Å². The summed E-state index contributed by atoms with van der Waals surface area (Å²) in [6.07, 6.45) is 1.16. The molecule has 0 spiro atoms. The van der Waals surface area contributed by atoms with Gasteiger partial charge in [0.2, 0.25) is 0 Å². The van der Waals surface area contributed by atoms with Gasteiger partial charge >= 0.3 is 8.56 Å². The molecule has 0 N–H and O–H groups in total. The van der Waals surface area contributed by atoms with Crippen molar-refractivity contribution >= 4 is 8.56 Å². The molecule has 0 bridgehead atoms. The van der Waals surface area contributed by atoms with Crippen LogP contribution >= 0.6 is 0 Å². The first-order valence-corrected chi connectivity index (χ1v) is 8.88. The van der Waals surface area contributed by atoms with Crippen LogP contribution in [-0.2, 0) is 8.85 Å². The molecule has 0 aliphatic rings. The van der Waals surface area contributed by atoms with Crippen molar-refractivity contribution in [3.63, 3.8) is 0 Å². The molecule has 0 aromatic rings. The molecule has 0 aromatic heterocycles. The van der Waals surface area contributed by atoms with Crippen LogP contribution in [-0.4, -0.2) is 21.8 Å². The fourth-order valence-corrected chi connectivity index (χ4v) is 6.00. The summed E-state index contributed by atoms with van der Waals surface area (Å²) in [4.78, 5) is 0. The Labute approximate surface area is 109 Å². The maximum absolute atomic E-state index is 6.15. The van der Waals surface area contributed by atoms with E-state index >= 15 is 0 Å². The third kappa shape index (κ3) is 5.54. The summed E-state index contributed by atoms with van der Waals surface area (Å²) in [6.45, 7) is 19.3. The van der Waals surface area contributed by atoms with E-state index in [4.69, 9.17) is 8.85 Å². The Morgan fingerprint density at radius 3 is 1.47 bits per heavy atom. The topological polar surface area (TPSA) is 18.5 Å². The molecule has 0 aromatic carbocycles. The Balaban J connectivity index is 4.91. The lowest BCUT2D eigenvalue weighted by Gasteiger charge is -2.41. The highest BCUT2D eigenvalue weighted by atomic mass is 28.4. The van der Waals surface area contributed by atoms with Crippen molar-refractivity contribution in [3.8, 4) is 0 Å². The Hall–Kier alpha value is 0.137. The predicted octanol–water partition coefficient (Wildman–Crippen LogP) is 4.74. The summed E-state index contributed by atoms with van der Waals surface area (Å²) in [5.74, 6) is 0. The molecule has 0 aliphatic carbocycles. The van der Waals surface area contributed by atoms with Crippen LogP contribution in [0, 0.1) is 5.41 Å². The highest BCUT2D eigenvalue weighted by Gasteiger charge is 2.49. The molecule has 2 nitrogen and oxygen atoms in total. The van der Waals surface area contributed by atoms with E-state index in [1.54, 1.807) is 0 Å². The van der Waals surface area contributed by atoms with E-state index in [0.717, 1.165) is 25.7 Å². The van der Waals surface area contributed by atoms with Crippen molar-refractivity contribution in [3.05, 3.63) is 0 Å². The average Bonchev–Trinajstić information content (AvgIpc) is 2.12. The van der Waals surface area contributed by atoms with Gasteiger partial charge < -0.3 is 8.85 Å². The summed E-state index contributed by atoms with van der Waals surface area (Å²) >= 11 is 0. The molecule has 0 saturated carbocycles. The highest BCUT2D eigenvalue weighted by molar-refractivity contribution is 6.70. The van der Waals surface area contributed by atoms with E-state index in [1.807, 2.05) is 0 Å². The van der Waals surface area contributed by atoms with Gasteiger partial charge in [-0.15, -0.1) is 0 Å². The van der Waals surface area contributed by atoms with E-state index in [0.29, 0.717) is 5.41 Å². The molecule has 0 fully saturated rings. The van der Waals surface area contributed by atoms with Gasteiger partial charge in [0.05, 0.1) is 0 Å². The second kappa shape index (κ2) is 6.35. The molecule has 0 aliphatic heterocycles. The molecule has 0 atom stereocenters. The van der Waals surface area contributed by atoms with Crippen LogP contribution in [0.25, 0.3) is 0 Å². The third-order valence-corrected chi connectivity index (χ3v) is 7.81. The van der Waals surface area contributed by atoms with Crippen LogP contribution in [0.5, 0.6) is 0 Å². The smallest absolute Gasteiger partial charge is 0.343 e. The lowest BCUT2D eigenvalue weighted by Crippen LogP contribution is -2.51. The van der Waals surface area contributed by atoms with Crippen molar-refractivity contribution in [2.75, 3.05) is 13.2 Å². The second-order valence-electron chi connectivity index (χ2n) is 6.93. The lowest BCUT2D eigenvalue weighted by atomic mass is 9.94. The molecule has 0 radical (unpaired) electrons. The van der Waals surface area contributed by atoms with Gasteiger partial charge in [-0.25, -0.2) is 0 Å². The maximum atomic E-state index is 6.15. The molecule has 104 valence electrons. The molecule has 0 unspecified atom stereocenters. The zero-order valence-electron chi connectivity index (χ0n) is 13.1. The molecule has 17 heavy (non-hydrogen) atoms. The largest absolute Gasteiger partial charge is 0.394 e. The first-order chi connectivity index (χ1) is 7.58. The summed E-state index contributed by atoms with van der Waals surface area (Å²) in [5, 5.41) is 0.129. The van der Waals surface area contributed by atoms with Gasteiger partial charge in [-0.2, -0.15) is 0 Å². The molecule has 0 amide bonds. The minimum atomic E-state index is -2.11. The van der Waals surface area contributed by atoms with Crippen molar-refractivity contribution in [2.24, 2.45) is 5.41 Å². The Bertz CT molecular complexity index is 207. The van der Waals surface area contributed by atoms with E-state index in [1.165, 1.54) is 0 Å². The summed E-state index contributed by atoms with van der Waals surface area (Å²) in [5.41, 5.74) is 0.345. The zero-order chi connectivity index (χ0) is 13.7. The first kappa shape index (κ1) is 17.1. The molecule has 0 rings (SSSR count). The van der Waals surface area contributed by atoms with Crippen LogP contribution in [0.2, 0.25) is 11.1 Å². The van der Waals surface area contributed by atoms with Gasteiger partial charge in [0.25, 0.3) is 0 Å². The molecule has 0 saturated heterocycles. The maximum Gasteiger partial charge on any atom is 0.343 e. The van der Waals surface area contributed by atoms with E-state index in [2.05, 4.69) is 55.4 Å². The Kier molecular flexibility index (Phi) is 6.40. The summed E-state index contributed by atoms with van der Waals surface area (Å²) in [7, 11) is -2.11. The van der Waals surface area contributed by atoms with Gasteiger partial charge in [0.1, 0.15) is 0 Å². The predicted molar refractivity (Wildman–Crippen MR) is 77.6 cm³/mol. The standard InChI is InChI=1S/C14H32O2Si/c1-9-15-17(16-10-2,14(6,7)8)12-11-13(3,4)5/h9-12H2,1-8H3. The van der Waals surface area contributed by atoms with E-state index in [-0.39, 0.29) is 5.04 Å². The summed E-state index contributed by atoms with van der Waals surface area (Å²) < 4.78 is 12.3. The Morgan fingerprint density at radius 1 is 0.824 bits per heavy atom. The second-order valence-corrected chi connectivity index (χ2v) is 11.0. The number of rotatable bonds is 6. The zero-order valence-corrected chi connectivity index (χ0v) is 14.1. The summed E-state index contributed by atoms with van der Waals surface area (Å²) in [6, 6.07) is 1.08. The van der Waals surface area contributed by atoms with Crippen molar-refractivity contribution in [1.82, 2.24) is 0 Å². The van der Waals surface area contributed by atoms with Crippen molar-refractivity contribution in [1.29, 1.82) is 0 Å². The van der Waals surface area contributed by atoms with Crippen molar-refractivity contribution < 1.29 is 8.85 Å². The first-order valence-electron chi connectivity index (χ1n) is 6.86. The van der Waals surface area contributed by atoms with E-state index < -0.39 is 8.56 Å². The lowest BCUT2D eigenvalue weighted by molar-refractivity contribution is 0.155. The minimum absolute atomic E-state index is 0.129. The fraction of sp³-hybridized carbons (Fsp3) is 1.00. The van der Waals surface area contributed by atoms with Crippen LogP contribution in [0.1, 0.15) is 61.8 Å². The van der Waals surface area contributed by atoms with Crippen LogP contribution in [0.15, 0.2) is 0 Å². The van der Waals surface area contributed by atoms with Crippen LogP contribution in [0.4, 0.5) is 0 Å². The average molecular weight is 260 g/mol. The monoisotopic (exact) mass is 260 g/mol. The quantitative estimate of drug-likeness (QED) is 0.642. The SMILES string of the molecule is CCO[Si](CCC(C)(C)C)(OCC)C(C)(C)C. The van der Waals surface area contributed by atoms with Crippen LogP contribution < -0.4 is 0 Å². The molecular weight excluding hydrogens is 228 g/mol. The minimum Gasteiger partial charge on any atom is -0.394 e. The van der Waals surface area contributed by atoms with E-state index in [9.17, 15) is 0 Å². The normalized spacial score (nSPS) is 14.1. The van der Waals surface area contributed by atoms with Crippen molar-refractivity contribution in [2.45, 2.75) is 72.9 Å². The van der Waals surface area contributed by atoms with Gasteiger partial charge in [-0.3, -0.25) is 0 Å². The van der Waals surface area contributed by atoms with Crippen LogP contribution in [0.3, 0.4) is 0 Å². The highest BCUT2D eigenvalue weighted by Crippen LogP contribution is 2.43. The molecule has 0 heterocycles. The van der Waals surface area contributed by atoms with Gasteiger partial charge in [0.15, 0.2) is 0 Å². The molecular formula is C14H32O2Si. The molecule has 3 heteroatoms. The Morgan fingerprint density at radius 2 is 1.24 bits per heavy atom. The number of hydrogen-bond donors (Lipinski definition) is 0.